The second-order valence-electron chi connectivity index (χ2n) is 8.28. The number of nitrogens with zero attached hydrogens (tertiary/aromatic N) is 2. The van der Waals surface area contributed by atoms with Crippen molar-refractivity contribution in [3.05, 3.63) is 91.0 Å². The summed E-state index contributed by atoms with van der Waals surface area (Å²) in [6.45, 7) is 0. The van der Waals surface area contributed by atoms with Crippen LogP contribution in [0, 0.1) is 0 Å². The molecule has 0 spiro atoms. The number of hydrogen-bond donors (Lipinski definition) is 4. The number of phenols is 1. The van der Waals surface area contributed by atoms with Gasteiger partial charge in [0.15, 0.2) is 5.75 Å². The Hall–Kier alpha value is -4.36. The lowest BCUT2D eigenvalue weighted by molar-refractivity contribution is 0.472. The van der Waals surface area contributed by atoms with Gasteiger partial charge in [0.05, 0.1) is 5.69 Å². The normalized spacial score (nSPS) is 12.4. The molecule has 5 aromatic carbocycles. The van der Waals surface area contributed by atoms with Crippen LogP contribution < -0.4 is 5.32 Å². The van der Waals surface area contributed by atoms with Gasteiger partial charge in [0.1, 0.15) is 15.5 Å². The van der Waals surface area contributed by atoms with E-state index in [9.17, 15) is 31.0 Å². The largest absolute Gasteiger partial charge is 0.505 e. The first-order chi connectivity index (χ1) is 18.0. The Morgan fingerprint density at radius 2 is 1.26 bits per heavy atom. The molecule has 10 nitrogen and oxygen atoms in total. The molecule has 0 saturated heterocycles. The Morgan fingerprint density at radius 1 is 0.605 bits per heavy atom. The van der Waals surface area contributed by atoms with E-state index < -0.39 is 36.6 Å². The van der Waals surface area contributed by atoms with Crippen molar-refractivity contribution >= 4 is 64.5 Å². The van der Waals surface area contributed by atoms with Gasteiger partial charge in [-0.1, -0.05) is 42.5 Å². The number of fused-ring (bicyclic) bond motifs is 2. The Labute approximate surface area is 217 Å². The molecule has 38 heavy (non-hydrogen) atoms. The highest BCUT2D eigenvalue weighted by atomic mass is 32.2. The van der Waals surface area contributed by atoms with E-state index in [0.29, 0.717) is 16.5 Å². The molecular formula is C26H19N3O7S2. The van der Waals surface area contributed by atoms with E-state index in [1.807, 2.05) is 30.3 Å². The highest BCUT2D eigenvalue weighted by Gasteiger charge is 2.22. The third-order valence-corrected chi connectivity index (χ3v) is 7.57. The summed E-state index contributed by atoms with van der Waals surface area (Å²) >= 11 is 0. The molecule has 192 valence electrons. The smallest absolute Gasteiger partial charge is 0.296 e. The fourth-order valence-electron chi connectivity index (χ4n) is 4.08. The van der Waals surface area contributed by atoms with Crippen LogP contribution in [0.4, 0.5) is 22.7 Å². The molecule has 0 saturated carbocycles. The Balaban J connectivity index is 1.64. The SMILES string of the molecule is O=S(=O)(O)c1cc2cc(Nc3ccccc3)ccc2c(O)c1N=Nc1ccc(S(=O)(=O)O)c2ccccc12. The van der Waals surface area contributed by atoms with Gasteiger partial charge >= 0.3 is 0 Å². The highest BCUT2D eigenvalue weighted by Crippen LogP contribution is 2.43. The van der Waals surface area contributed by atoms with Gasteiger partial charge in [0.25, 0.3) is 20.2 Å². The molecule has 4 N–H and O–H groups in total. The first-order valence-corrected chi connectivity index (χ1v) is 13.9. The average Bonchev–Trinajstić information content (AvgIpc) is 2.87. The molecular weight excluding hydrogens is 530 g/mol. The maximum absolute atomic E-state index is 12.2. The molecule has 0 atom stereocenters. The molecule has 12 heteroatoms. The third kappa shape index (κ3) is 4.93. The molecule has 0 heterocycles. The molecule has 0 radical (unpaired) electrons. The van der Waals surface area contributed by atoms with Crippen molar-refractivity contribution in [1.29, 1.82) is 0 Å². The van der Waals surface area contributed by atoms with Gasteiger partial charge < -0.3 is 10.4 Å². The summed E-state index contributed by atoms with van der Waals surface area (Å²) in [6, 6.07) is 23.9. The topological polar surface area (TPSA) is 166 Å². The van der Waals surface area contributed by atoms with Crippen LogP contribution in [0.15, 0.2) is 111 Å². The van der Waals surface area contributed by atoms with Crippen LogP contribution in [0.1, 0.15) is 0 Å². The Bertz CT molecular complexity index is 1960. The number of rotatable bonds is 6. The van der Waals surface area contributed by atoms with E-state index in [1.54, 1.807) is 36.4 Å². The van der Waals surface area contributed by atoms with Crippen LogP contribution in [-0.4, -0.2) is 31.0 Å². The summed E-state index contributed by atoms with van der Waals surface area (Å²) in [5.74, 6) is -0.524. The minimum absolute atomic E-state index is 0.135. The van der Waals surface area contributed by atoms with E-state index in [0.717, 1.165) is 11.8 Å². The first-order valence-electron chi connectivity index (χ1n) is 11.0. The van der Waals surface area contributed by atoms with Crippen LogP contribution in [0.5, 0.6) is 5.75 Å². The molecule has 0 amide bonds. The van der Waals surface area contributed by atoms with Crippen molar-refractivity contribution in [2.45, 2.75) is 9.79 Å². The lowest BCUT2D eigenvalue weighted by atomic mass is 10.1. The van der Waals surface area contributed by atoms with Crippen molar-refractivity contribution in [2.75, 3.05) is 5.32 Å². The minimum atomic E-state index is -4.84. The average molecular weight is 550 g/mol. The number of aromatic hydroxyl groups is 1. The van der Waals surface area contributed by atoms with E-state index in [2.05, 4.69) is 15.5 Å². The van der Waals surface area contributed by atoms with Gasteiger partial charge in [0.2, 0.25) is 0 Å². The van der Waals surface area contributed by atoms with Crippen molar-refractivity contribution in [3.8, 4) is 5.75 Å². The van der Waals surface area contributed by atoms with Crippen LogP contribution in [0.2, 0.25) is 0 Å². The van der Waals surface area contributed by atoms with Crippen molar-refractivity contribution < 1.29 is 31.0 Å². The van der Waals surface area contributed by atoms with Crippen LogP contribution in [-0.2, 0) is 20.2 Å². The summed E-state index contributed by atoms with van der Waals surface area (Å²) < 4.78 is 67.4. The van der Waals surface area contributed by atoms with Crippen molar-refractivity contribution in [3.63, 3.8) is 0 Å². The predicted octanol–water partition coefficient (Wildman–Crippen LogP) is 6.35. The lowest BCUT2D eigenvalue weighted by Crippen LogP contribution is -1.99. The van der Waals surface area contributed by atoms with Crippen LogP contribution >= 0.6 is 0 Å². The van der Waals surface area contributed by atoms with Gasteiger partial charge in [-0.05, 0) is 53.9 Å². The zero-order valence-corrected chi connectivity index (χ0v) is 21.0. The Kier molecular flexibility index (Phi) is 6.33. The van der Waals surface area contributed by atoms with E-state index in [4.69, 9.17) is 0 Å². The van der Waals surface area contributed by atoms with E-state index in [-0.39, 0.29) is 21.4 Å². The van der Waals surface area contributed by atoms with Gasteiger partial charge in [-0.25, -0.2) is 0 Å². The number of azo groups is 1. The maximum atomic E-state index is 12.2. The van der Waals surface area contributed by atoms with E-state index in [1.165, 1.54) is 18.2 Å². The zero-order chi connectivity index (χ0) is 27.1. The zero-order valence-electron chi connectivity index (χ0n) is 19.3. The molecule has 5 rings (SSSR count). The van der Waals surface area contributed by atoms with Crippen LogP contribution in [0.3, 0.4) is 0 Å². The number of benzene rings is 5. The molecule has 0 bridgehead atoms. The second kappa shape index (κ2) is 9.50. The summed E-state index contributed by atoms with van der Waals surface area (Å²) in [6.07, 6.45) is 0. The van der Waals surface area contributed by atoms with Crippen molar-refractivity contribution in [2.24, 2.45) is 10.2 Å². The quantitative estimate of drug-likeness (QED) is 0.140. The number of para-hydroxylation sites is 1. The maximum Gasteiger partial charge on any atom is 0.296 e. The monoisotopic (exact) mass is 549 g/mol. The molecule has 0 aliphatic rings. The third-order valence-electron chi connectivity index (χ3n) is 5.79. The standard InChI is InChI=1S/C26H19N3O7S2/c30-26-19-11-10-18(27-17-6-2-1-3-7-17)14-16(19)15-24(38(34,35)36)25(26)29-28-22-12-13-23(37(31,32)33)21-9-5-4-8-20(21)22/h1-15,27,30H,(H,31,32,33)(H,34,35,36). The van der Waals surface area contributed by atoms with Gasteiger partial charge in [0, 0.05) is 27.5 Å². The molecule has 0 aromatic heterocycles. The van der Waals surface area contributed by atoms with Gasteiger partial charge in [-0.3, -0.25) is 9.11 Å². The predicted molar refractivity (Wildman–Crippen MR) is 143 cm³/mol. The minimum Gasteiger partial charge on any atom is -0.505 e. The molecule has 0 fully saturated rings. The van der Waals surface area contributed by atoms with Crippen LogP contribution in [0.25, 0.3) is 21.5 Å². The van der Waals surface area contributed by atoms with Gasteiger partial charge in [-0.2, -0.15) is 16.8 Å². The summed E-state index contributed by atoms with van der Waals surface area (Å²) in [4.78, 5) is -0.999. The fraction of sp³-hybridized carbons (Fsp3) is 0. The number of anilines is 2. The number of phenolic OH excluding ortho intramolecular Hbond substituents is 1. The van der Waals surface area contributed by atoms with Crippen molar-refractivity contribution in [1.82, 2.24) is 0 Å². The van der Waals surface area contributed by atoms with Gasteiger partial charge in [-0.15, -0.1) is 10.2 Å². The number of nitrogens with one attached hydrogen (secondary N) is 1. The van der Waals surface area contributed by atoms with E-state index >= 15 is 0 Å². The first kappa shape index (κ1) is 25.3. The molecule has 5 aromatic rings. The highest BCUT2D eigenvalue weighted by molar-refractivity contribution is 7.86. The molecule has 0 aliphatic heterocycles. The lowest BCUT2D eigenvalue weighted by Gasteiger charge is -2.12. The molecule has 0 aliphatic carbocycles. The molecule has 0 unspecified atom stereocenters. The fourth-order valence-corrected chi connectivity index (χ4v) is 5.44. The summed E-state index contributed by atoms with van der Waals surface area (Å²) in [5, 5.41) is 23.2. The number of hydrogen-bond acceptors (Lipinski definition) is 8. The second-order valence-corrected chi connectivity index (χ2v) is 11.1. The summed E-state index contributed by atoms with van der Waals surface area (Å²) in [5.41, 5.74) is 1.05. The Morgan fingerprint density at radius 3 is 1.95 bits per heavy atom. The summed E-state index contributed by atoms with van der Waals surface area (Å²) in [7, 11) is -9.36.